The van der Waals surface area contributed by atoms with E-state index in [-0.39, 0.29) is 18.2 Å². The van der Waals surface area contributed by atoms with Crippen molar-refractivity contribution in [3.8, 4) is 0 Å². The van der Waals surface area contributed by atoms with E-state index < -0.39 is 21.7 Å². The lowest BCUT2D eigenvalue weighted by molar-refractivity contribution is -0.119. The van der Waals surface area contributed by atoms with Crippen LogP contribution in [0.25, 0.3) is 0 Å². The van der Waals surface area contributed by atoms with E-state index in [4.69, 9.17) is 0 Å². The number of hydrogen-bond acceptors (Lipinski definition) is 3. The fraction of sp³-hybridized carbons (Fsp3) is 0.350. The SMILES string of the molecule is CCC(CNC(=O)CN(c1ccc(F)cc1)S(C)(=O)=O)Cc1ccccc1. The fourth-order valence-electron chi connectivity index (χ4n) is 2.76. The summed E-state index contributed by atoms with van der Waals surface area (Å²) in [5, 5.41) is 2.82. The summed E-state index contributed by atoms with van der Waals surface area (Å²) in [5.74, 6) is -0.603. The predicted molar refractivity (Wildman–Crippen MR) is 106 cm³/mol. The summed E-state index contributed by atoms with van der Waals surface area (Å²) < 4.78 is 38.1. The summed E-state index contributed by atoms with van der Waals surface area (Å²) in [6, 6.07) is 15.0. The van der Waals surface area contributed by atoms with Crippen LogP contribution in [0.15, 0.2) is 54.6 Å². The van der Waals surface area contributed by atoms with Gasteiger partial charge < -0.3 is 5.32 Å². The summed E-state index contributed by atoms with van der Waals surface area (Å²) >= 11 is 0. The summed E-state index contributed by atoms with van der Waals surface area (Å²) in [7, 11) is -3.67. The zero-order valence-corrected chi connectivity index (χ0v) is 16.4. The Morgan fingerprint density at radius 2 is 1.74 bits per heavy atom. The normalized spacial score (nSPS) is 12.4. The smallest absolute Gasteiger partial charge is 0.240 e. The van der Waals surface area contributed by atoms with Crippen molar-refractivity contribution in [2.75, 3.05) is 23.7 Å². The van der Waals surface area contributed by atoms with Gasteiger partial charge in [-0.3, -0.25) is 9.10 Å². The Hall–Kier alpha value is -2.41. The van der Waals surface area contributed by atoms with Gasteiger partial charge in [0.05, 0.1) is 11.9 Å². The Balaban J connectivity index is 1.97. The molecular formula is C20H25FN2O3S. The molecule has 1 atom stereocenters. The fourth-order valence-corrected chi connectivity index (χ4v) is 3.62. The van der Waals surface area contributed by atoms with Crippen LogP contribution in [0.4, 0.5) is 10.1 Å². The van der Waals surface area contributed by atoms with Crippen LogP contribution < -0.4 is 9.62 Å². The van der Waals surface area contributed by atoms with Gasteiger partial charge in [-0.15, -0.1) is 0 Å². The quantitative estimate of drug-likeness (QED) is 0.713. The van der Waals surface area contributed by atoms with Crippen molar-refractivity contribution in [3.63, 3.8) is 0 Å². The van der Waals surface area contributed by atoms with E-state index in [9.17, 15) is 17.6 Å². The van der Waals surface area contributed by atoms with Crippen LogP contribution in [0, 0.1) is 11.7 Å². The van der Waals surface area contributed by atoms with Crippen LogP contribution in [-0.2, 0) is 21.2 Å². The molecule has 0 aromatic heterocycles. The highest BCUT2D eigenvalue weighted by Gasteiger charge is 2.21. The maximum Gasteiger partial charge on any atom is 0.240 e. The number of halogens is 1. The van der Waals surface area contributed by atoms with Crippen molar-refractivity contribution in [1.29, 1.82) is 0 Å². The molecule has 0 radical (unpaired) electrons. The monoisotopic (exact) mass is 392 g/mol. The molecule has 0 aliphatic rings. The average Bonchev–Trinajstić information content (AvgIpc) is 2.64. The lowest BCUT2D eigenvalue weighted by atomic mass is 9.97. The molecule has 0 bridgehead atoms. The van der Waals surface area contributed by atoms with Crippen LogP contribution in [-0.4, -0.2) is 33.7 Å². The molecule has 0 aliphatic carbocycles. The second-order valence-electron chi connectivity index (χ2n) is 6.51. The molecule has 2 rings (SSSR count). The molecule has 0 fully saturated rings. The first-order valence-corrected chi connectivity index (χ1v) is 10.7. The average molecular weight is 392 g/mol. The van der Waals surface area contributed by atoms with E-state index in [0.29, 0.717) is 6.54 Å². The highest BCUT2D eigenvalue weighted by Crippen LogP contribution is 2.18. The third-order valence-electron chi connectivity index (χ3n) is 4.33. The molecule has 2 aromatic rings. The Kier molecular flexibility index (Phi) is 7.36. The van der Waals surface area contributed by atoms with Gasteiger partial charge in [-0.05, 0) is 42.2 Å². The number of sulfonamides is 1. The van der Waals surface area contributed by atoms with Gasteiger partial charge in [0.2, 0.25) is 15.9 Å². The number of rotatable bonds is 9. The first-order valence-electron chi connectivity index (χ1n) is 8.83. The Morgan fingerprint density at radius 1 is 1.11 bits per heavy atom. The number of hydrogen-bond donors (Lipinski definition) is 1. The van der Waals surface area contributed by atoms with E-state index in [1.54, 1.807) is 0 Å². The Bertz CT molecular complexity index is 839. The summed E-state index contributed by atoms with van der Waals surface area (Å²) in [6.45, 7) is 2.18. The molecule has 1 unspecified atom stereocenters. The zero-order valence-electron chi connectivity index (χ0n) is 15.6. The van der Waals surface area contributed by atoms with Gasteiger partial charge in [0.15, 0.2) is 0 Å². The van der Waals surface area contributed by atoms with Crippen molar-refractivity contribution in [1.82, 2.24) is 5.32 Å². The minimum Gasteiger partial charge on any atom is -0.354 e. The third kappa shape index (κ3) is 6.67. The number of nitrogens with zero attached hydrogens (tertiary/aromatic N) is 1. The second kappa shape index (κ2) is 9.50. The topological polar surface area (TPSA) is 66.5 Å². The molecule has 0 spiro atoms. The maximum absolute atomic E-state index is 13.1. The van der Waals surface area contributed by atoms with E-state index in [2.05, 4.69) is 12.2 Å². The molecule has 0 saturated heterocycles. The van der Waals surface area contributed by atoms with Crippen LogP contribution in [0.5, 0.6) is 0 Å². The molecule has 0 heterocycles. The number of amides is 1. The van der Waals surface area contributed by atoms with Gasteiger partial charge in [-0.25, -0.2) is 12.8 Å². The highest BCUT2D eigenvalue weighted by atomic mass is 32.2. The van der Waals surface area contributed by atoms with Gasteiger partial charge in [0, 0.05) is 6.54 Å². The molecular weight excluding hydrogens is 367 g/mol. The summed E-state index contributed by atoms with van der Waals surface area (Å²) in [6.07, 6.45) is 2.75. The zero-order chi connectivity index (χ0) is 19.9. The lowest BCUT2D eigenvalue weighted by Crippen LogP contribution is -2.41. The number of anilines is 1. The molecule has 1 amide bonds. The number of carbonyl (C=O) groups excluding carboxylic acids is 1. The molecule has 27 heavy (non-hydrogen) atoms. The maximum atomic E-state index is 13.1. The van der Waals surface area contributed by atoms with Gasteiger partial charge in [-0.1, -0.05) is 43.7 Å². The van der Waals surface area contributed by atoms with Gasteiger partial charge in [0.1, 0.15) is 12.4 Å². The van der Waals surface area contributed by atoms with E-state index >= 15 is 0 Å². The van der Waals surface area contributed by atoms with Crippen LogP contribution in [0.1, 0.15) is 18.9 Å². The molecule has 7 heteroatoms. The van der Waals surface area contributed by atoms with Crippen LogP contribution in [0.3, 0.4) is 0 Å². The molecule has 146 valence electrons. The third-order valence-corrected chi connectivity index (χ3v) is 5.48. The summed E-state index contributed by atoms with van der Waals surface area (Å²) in [5.41, 5.74) is 1.45. The van der Waals surface area contributed by atoms with Crippen molar-refractivity contribution in [2.24, 2.45) is 5.92 Å². The number of carbonyl (C=O) groups is 1. The Morgan fingerprint density at radius 3 is 2.30 bits per heavy atom. The van der Waals surface area contributed by atoms with E-state index in [1.165, 1.54) is 29.8 Å². The van der Waals surface area contributed by atoms with E-state index in [0.717, 1.165) is 23.4 Å². The number of nitrogens with one attached hydrogen (secondary N) is 1. The van der Waals surface area contributed by atoms with Crippen LogP contribution in [0.2, 0.25) is 0 Å². The standard InChI is InChI=1S/C20H25FN2O3S/c1-3-16(13-17-7-5-4-6-8-17)14-22-20(24)15-23(27(2,25)26)19-11-9-18(21)10-12-19/h4-12,16H,3,13-15H2,1-2H3,(H,22,24). The van der Waals surface area contributed by atoms with Gasteiger partial charge in [0.25, 0.3) is 0 Å². The Labute approximate surface area is 160 Å². The highest BCUT2D eigenvalue weighted by molar-refractivity contribution is 7.92. The molecule has 2 aromatic carbocycles. The van der Waals surface area contributed by atoms with E-state index in [1.807, 2.05) is 30.3 Å². The largest absolute Gasteiger partial charge is 0.354 e. The van der Waals surface area contributed by atoms with Crippen molar-refractivity contribution in [2.45, 2.75) is 19.8 Å². The minimum absolute atomic E-state index is 0.255. The molecule has 1 N–H and O–H groups in total. The molecule has 0 aliphatic heterocycles. The van der Waals surface area contributed by atoms with Crippen molar-refractivity contribution < 1.29 is 17.6 Å². The molecule has 0 saturated carbocycles. The first kappa shape index (κ1) is 20.9. The predicted octanol–water partition coefficient (Wildman–Crippen LogP) is 2.98. The molecule has 5 nitrogen and oxygen atoms in total. The summed E-state index contributed by atoms with van der Waals surface area (Å²) in [4.78, 5) is 12.3. The van der Waals surface area contributed by atoms with Gasteiger partial charge >= 0.3 is 0 Å². The second-order valence-corrected chi connectivity index (χ2v) is 8.42. The van der Waals surface area contributed by atoms with Crippen LogP contribution >= 0.6 is 0 Å². The number of benzene rings is 2. The van der Waals surface area contributed by atoms with Crippen molar-refractivity contribution >= 4 is 21.6 Å². The minimum atomic E-state index is -3.67. The van der Waals surface area contributed by atoms with Crippen molar-refractivity contribution in [3.05, 3.63) is 66.0 Å². The van der Waals surface area contributed by atoms with Gasteiger partial charge in [-0.2, -0.15) is 0 Å². The first-order chi connectivity index (χ1) is 12.8. The lowest BCUT2D eigenvalue weighted by Gasteiger charge is -2.23.